The van der Waals surface area contributed by atoms with E-state index < -0.39 is 17.7 Å². The summed E-state index contributed by atoms with van der Waals surface area (Å²) in [4.78, 5) is 22.7. The monoisotopic (exact) mass is 659 g/mol. The lowest BCUT2D eigenvalue weighted by Crippen LogP contribution is -2.56. The van der Waals surface area contributed by atoms with Gasteiger partial charge in [-0.15, -0.1) is 11.3 Å². The Morgan fingerprint density at radius 3 is 2.39 bits per heavy atom. The summed E-state index contributed by atoms with van der Waals surface area (Å²) in [6.07, 6.45) is -1.16. The van der Waals surface area contributed by atoms with E-state index in [2.05, 4.69) is 28.0 Å². The normalized spacial score (nSPS) is 17.1. The number of carboxylic acid groups (broad SMARTS) is 1. The Bertz CT molecular complexity index is 1940. The first-order chi connectivity index (χ1) is 22.0. The minimum absolute atomic E-state index is 0.543. The number of anilines is 1. The number of hydrogen-bond acceptors (Lipinski definition) is 8. The molecular weight excluding hydrogens is 622 g/mol. The number of carboxylic acids is 1. The molecule has 1 N–H and O–H groups in total. The predicted octanol–water partition coefficient (Wildman–Crippen LogP) is 6.94. The fraction of sp³-hybridized carbons (Fsp3) is 0.400. The predicted molar refractivity (Wildman–Crippen MR) is 184 cm³/mol. The lowest BCUT2D eigenvalue weighted by molar-refractivity contribution is -0.160. The summed E-state index contributed by atoms with van der Waals surface area (Å²) >= 11 is 7.84. The van der Waals surface area contributed by atoms with Crippen LogP contribution in [0.2, 0.25) is 5.02 Å². The number of rotatable bonds is 7. The third-order valence-corrected chi connectivity index (χ3v) is 10.2. The van der Waals surface area contributed by atoms with Gasteiger partial charge in [-0.1, -0.05) is 23.7 Å². The number of piperazine rings is 1. The van der Waals surface area contributed by atoms with E-state index in [1.165, 1.54) is 0 Å². The third-order valence-electron chi connectivity index (χ3n) is 8.85. The van der Waals surface area contributed by atoms with Gasteiger partial charge in [0.1, 0.15) is 5.01 Å². The maximum atomic E-state index is 12.7. The first-order valence-corrected chi connectivity index (χ1v) is 16.8. The molecule has 4 heterocycles. The molecule has 0 unspecified atom stereocenters. The summed E-state index contributed by atoms with van der Waals surface area (Å²) in [7, 11) is 1.99. The Balaban J connectivity index is 1.33. The standard InChI is InChI=1S/C35H38ClN5O4S/c1-20-16-26-31(29(21-6-9-23(36)10-7-21)28(20)30(34(42)43)45-35(2,3)4)46-33(37-26)22-8-11-27-25(17-22)32(38-39(27)5)41-14-12-40(13-15-41)24-18-44-19-24/h6-11,16-17,24,30H,12-15,18-19H2,1-5H3,(H,42,43)/t30-/m0/s1. The molecule has 0 radical (unpaired) electrons. The Kier molecular flexibility index (Phi) is 8.05. The number of thiazole rings is 1. The highest BCUT2D eigenvalue weighted by Gasteiger charge is 2.33. The second-order valence-electron chi connectivity index (χ2n) is 13.2. The Morgan fingerprint density at radius 2 is 1.76 bits per heavy atom. The topological polar surface area (TPSA) is 93.0 Å². The zero-order valence-electron chi connectivity index (χ0n) is 26.7. The second kappa shape index (κ2) is 11.9. The first-order valence-electron chi connectivity index (χ1n) is 15.6. The average Bonchev–Trinajstić information content (AvgIpc) is 3.55. The Hall–Kier alpha value is -3.54. The van der Waals surface area contributed by atoms with Crippen LogP contribution < -0.4 is 4.90 Å². The van der Waals surface area contributed by atoms with Crippen molar-refractivity contribution in [3.63, 3.8) is 0 Å². The van der Waals surface area contributed by atoms with Crippen LogP contribution in [-0.2, 0) is 21.3 Å². The van der Waals surface area contributed by atoms with Gasteiger partial charge in [0.2, 0.25) is 0 Å². The molecule has 2 aromatic heterocycles. The van der Waals surface area contributed by atoms with Crippen LogP contribution in [0.25, 0.3) is 42.8 Å². The maximum Gasteiger partial charge on any atom is 0.337 e. The smallest absolute Gasteiger partial charge is 0.337 e. The summed E-state index contributed by atoms with van der Waals surface area (Å²) in [5, 5.41) is 17.9. The van der Waals surface area contributed by atoms with Crippen molar-refractivity contribution in [2.24, 2.45) is 7.05 Å². The summed E-state index contributed by atoms with van der Waals surface area (Å²) < 4.78 is 14.5. The highest BCUT2D eigenvalue weighted by molar-refractivity contribution is 7.22. The minimum atomic E-state index is -1.16. The average molecular weight is 660 g/mol. The van der Waals surface area contributed by atoms with Crippen molar-refractivity contribution in [3.05, 3.63) is 64.7 Å². The number of fused-ring (bicyclic) bond motifs is 2. The molecule has 0 bridgehead atoms. The van der Waals surface area contributed by atoms with Gasteiger partial charge in [0.25, 0.3) is 0 Å². The molecule has 2 aliphatic rings. The molecule has 2 fully saturated rings. The van der Waals surface area contributed by atoms with Crippen LogP contribution in [0, 0.1) is 6.92 Å². The van der Waals surface area contributed by atoms with Gasteiger partial charge in [-0.25, -0.2) is 9.78 Å². The van der Waals surface area contributed by atoms with Gasteiger partial charge in [-0.2, -0.15) is 5.10 Å². The molecular formula is C35H38ClN5O4S. The number of nitrogens with zero attached hydrogens (tertiary/aromatic N) is 5. The quantitative estimate of drug-likeness (QED) is 0.201. The van der Waals surface area contributed by atoms with Crippen LogP contribution in [0.3, 0.4) is 0 Å². The number of hydrogen-bond donors (Lipinski definition) is 1. The van der Waals surface area contributed by atoms with Crippen LogP contribution in [0.15, 0.2) is 48.5 Å². The molecule has 2 saturated heterocycles. The summed E-state index contributed by atoms with van der Waals surface area (Å²) in [5.41, 5.74) is 5.32. The first kappa shape index (κ1) is 31.1. The van der Waals surface area contributed by atoms with Gasteiger partial charge in [0, 0.05) is 60.3 Å². The van der Waals surface area contributed by atoms with Crippen molar-refractivity contribution >= 4 is 55.8 Å². The van der Waals surface area contributed by atoms with E-state index in [0.29, 0.717) is 16.6 Å². The van der Waals surface area contributed by atoms with E-state index in [1.54, 1.807) is 11.3 Å². The summed E-state index contributed by atoms with van der Waals surface area (Å²) in [6, 6.07) is 16.4. The van der Waals surface area contributed by atoms with E-state index in [4.69, 9.17) is 31.2 Å². The number of aliphatic carboxylic acids is 1. The van der Waals surface area contributed by atoms with Gasteiger partial charge < -0.3 is 19.5 Å². The van der Waals surface area contributed by atoms with E-state index in [1.807, 2.05) is 69.8 Å². The van der Waals surface area contributed by atoms with Gasteiger partial charge in [0.15, 0.2) is 11.9 Å². The second-order valence-corrected chi connectivity index (χ2v) is 14.6. The van der Waals surface area contributed by atoms with Crippen molar-refractivity contribution in [1.82, 2.24) is 19.7 Å². The molecule has 0 spiro atoms. The minimum Gasteiger partial charge on any atom is -0.479 e. The molecule has 0 saturated carbocycles. The van der Waals surface area contributed by atoms with E-state index in [0.717, 1.165) is 93.6 Å². The summed E-state index contributed by atoms with van der Waals surface area (Å²) in [6.45, 7) is 13.0. The van der Waals surface area contributed by atoms with Gasteiger partial charge in [0.05, 0.1) is 40.6 Å². The largest absolute Gasteiger partial charge is 0.479 e. The molecule has 5 aromatic rings. The van der Waals surface area contributed by atoms with Crippen molar-refractivity contribution < 1.29 is 19.4 Å². The summed E-state index contributed by atoms with van der Waals surface area (Å²) in [5.74, 6) is -0.0395. The zero-order chi connectivity index (χ0) is 32.3. The number of carbonyl (C=O) groups is 1. The van der Waals surface area contributed by atoms with Gasteiger partial charge in [-0.05, 0) is 75.2 Å². The molecule has 46 heavy (non-hydrogen) atoms. The number of aryl methyl sites for hydroxylation is 2. The molecule has 3 aromatic carbocycles. The molecule has 1 atom stereocenters. The molecule has 0 amide bonds. The lowest BCUT2D eigenvalue weighted by atomic mass is 9.91. The maximum absolute atomic E-state index is 12.7. The highest BCUT2D eigenvalue weighted by Crippen LogP contribution is 2.45. The molecule has 7 rings (SSSR count). The number of aromatic nitrogens is 3. The fourth-order valence-electron chi connectivity index (χ4n) is 6.51. The van der Waals surface area contributed by atoms with Crippen molar-refractivity contribution in [3.8, 4) is 21.7 Å². The van der Waals surface area contributed by atoms with Gasteiger partial charge in [-0.3, -0.25) is 9.58 Å². The van der Waals surface area contributed by atoms with Crippen LogP contribution in [0.5, 0.6) is 0 Å². The molecule has 2 aliphatic heterocycles. The molecule has 0 aliphatic carbocycles. The Morgan fingerprint density at radius 1 is 1.07 bits per heavy atom. The molecule has 9 nitrogen and oxygen atoms in total. The fourth-order valence-corrected chi connectivity index (χ4v) is 7.76. The van der Waals surface area contributed by atoms with E-state index >= 15 is 0 Å². The number of halogens is 1. The highest BCUT2D eigenvalue weighted by atomic mass is 35.5. The van der Waals surface area contributed by atoms with Crippen LogP contribution >= 0.6 is 22.9 Å². The van der Waals surface area contributed by atoms with Crippen LogP contribution in [-0.4, -0.2) is 81.8 Å². The zero-order valence-corrected chi connectivity index (χ0v) is 28.3. The number of benzene rings is 3. The van der Waals surface area contributed by atoms with E-state index in [9.17, 15) is 9.90 Å². The van der Waals surface area contributed by atoms with Gasteiger partial charge >= 0.3 is 5.97 Å². The van der Waals surface area contributed by atoms with Crippen LogP contribution in [0.1, 0.15) is 38.0 Å². The SMILES string of the molecule is Cc1cc2nc(-c3ccc4c(c3)c(N3CCN(C5COC5)CC3)nn4C)sc2c(-c2ccc(Cl)cc2)c1[C@H](OC(C)(C)C)C(=O)O. The lowest BCUT2D eigenvalue weighted by Gasteiger charge is -2.42. The molecule has 11 heteroatoms. The molecule has 240 valence electrons. The number of ether oxygens (including phenoxy) is 2. The van der Waals surface area contributed by atoms with Crippen LogP contribution in [0.4, 0.5) is 5.82 Å². The van der Waals surface area contributed by atoms with E-state index in [-0.39, 0.29) is 0 Å². The third kappa shape index (κ3) is 5.77. The van der Waals surface area contributed by atoms with Crippen molar-refractivity contribution in [2.45, 2.75) is 45.4 Å². The van der Waals surface area contributed by atoms with Crippen molar-refractivity contribution in [1.29, 1.82) is 0 Å². The Labute approximate surface area is 277 Å². The van der Waals surface area contributed by atoms with Crippen molar-refractivity contribution in [2.75, 3.05) is 44.3 Å².